The van der Waals surface area contributed by atoms with Crippen molar-refractivity contribution in [1.82, 2.24) is 5.32 Å². The van der Waals surface area contributed by atoms with Gasteiger partial charge >= 0.3 is 0 Å². The summed E-state index contributed by atoms with van der Waals surface area (Å²) in [5, 5.41) is 4.81. The Balaban J connectivity index is 2.44. The molecule has 0 bridgehead atoms. The fourth-order valence-corrected chi connectivity index (χ4v) is 4.16. The third-order valence-electron chi connectivity index (χ3n) is 2.79. The minimum atomic E-state index is 0.121. The number of nitrogens with one attached hydrogen (secondary N) is 1. The maximum absolute atomic E-state index is 6.10. The second kappa shape index (κ2) is 6.59. The van der Waals surface area contributed by atoms with Gasteiger partial charge in [-0.1, -0.05) is 30.1 Å². The molecule has 2 aromatic rings. The third kappa shape index (κ3) is 3.73. The molecule has 1 unspecified atom stereocenters. The molecule has 1 aromatic carbocycles. The van der Waals surface area contributed by atoms with Crippen LogP contribution in [-0.2, 0) is 0 Å². The summed E-state index contributed by atoms with van der Waals surface area (Å²) in [5.74, 6) is 0. The van der Waals surface area contributed by atoms with E-state index in [-0.39, 0.29) is 6.04 Å². The van der Waals surface area contributed by atoms with E-state index in [2.05, 4.69) is 41.2 Å². The van der Waals surface area contributed by atoms with E-state index in [0.717, 1.165) is 16.6 Å². The van der Waals surface area contributed by atoms with E-state index in [9.17, 15) is 0 Å². The van der Waals surface area contributed by atoms with Gasteiger partial charge in [-0.3, -0.25) is 0 Å². The van der Waals surface area contributed by atoms with Crippen molar-refractivity contribution in [2.45, 2.75) is 19.9 Å². The van der Waals surface area contributed by atoms with Gasteiger partial charge in [0, 0.05) is 24.3 Å². The van der Waals surface area contributed by atoms with Gasteiger partial charge in [-0.15, -0.1) is 11.3 Å². The second-order valence-electron chi connectivity index (χ2n) is 4.25. The topological polar surface area (TPSA) is 12.0 Å². The van der Waals surface area contributed by atoms with Crippen LogP contribution >= 0.6 is 50.5 Å². The molecule has 1 N–H and O–H groups in total. The lowest BCUT2D eigenvalue weighted by atomic mass is 10.1. The van der Waals surface area contributed by atoms with Gasteiger partial charge in [0.05, 0.1) is 6.04 Å². The Morgan fingerprint density at radius 1 is 1.21 bits per heavy atom. The molecule has 0 saturated carbocycles. The first-order valence-electron chi connectivity index (χ1n) is 5.96. The summed E-state index contributed by atoms with van der Waals surface area (Å²) < 4.78 is 1.14. The number of benzene rings is 1. The van der Waals surface area contributed by atoms with E-state index in [4.69, 9.17) is 23.2 Å². The van der Waals surface area contributed by atoms with Crippen LogP contribution in [0.4, 0.5) is 0 Å². The molecule has 5 heteroatoms. The summed E-state index contributed by atoms with van der Waals surface area (Å²) in [7, 11) is 0. The summed E-state index contributed by atoms with van der Waals surface area (Å²) in [6.07, 6.45) is 0. The smallest absolute Gasteiger partial charge is 0.0672 e. The molecule has 102 valence electrons. The van der Waals surface area contributed by atoms with Crippen LogP contribution in [0, 0.1) is 6.92 Å². The molecule has 1 heterocycles. The van der Waals surface area contributed by atoms with Crippen molar-refractivity contribution < 1.29 is 0 Å². The SMILES string of the molecule is CCNC(c1cc(Cl)cc(Cl)c1)c1cc(Br)c(C)s1. The van der Waals surface area contributed by atoms with Crippen LogP contribution in [0.3, 0.4) is 0 Å². The van der Waals surface area contributed by atoms with E-state index >= 15 is 0 Å². The van der Waals surface area contributed by atoms with Crippen LogP contribution < -0.4 is 5.32 Å². The highest BCUT2D eigenvalue weighted by molar-refractivity contribution is 9.10. The molecule has 0 saturated heterocycles. The molecule has 0 aliphatic heterocycles. The molecule has 0 aliphatic carbocycles. The van der Waals surface area contributed by atoms with Gasteiger partial charge in [-0.05, 0) is 59.2 Å². The van der Waals surface area contributed by atoms with E-state index in [1.165, 1.54) is 9.75 Å². The van der Waals surface area contributed by atoms with E-state index in [1.807, 2.05) is 12.1 Å². The normalized spacial score (nSPS) is 12.7. The highest BCUT2D eigenvalue weighted by Gasteiger charge is 2.17. The number of halogens is 3. The maximum Gasteiger partial charge on any atom is 0.0672 e. The molecule has 19 heavy (non-hydrogen) atoms. The first-order valence-corrected chi connectivity index (χ1v) is 8.33. The van der Waals surface area contributed by atoms with E-state index < -0.39 is 0 Å². The summed E-state index contributed by atoms with van der Waals surface area (Å²) in [6, 6.07) is 7.96. The largest absolute Gasteiger partial charge is 0.306 e. The molecular formula is C14H14BrCl2NS. The molecule has 0 aliphatic rings. The molecule has 0 spiro atoms. The van der Waals surface area contributed by atoms with Crippen molar-refractivity contribution in [2.75, 3.05) is 6.54 Å². The lowest BCUT2D eigenvalue weighted by molar-refractivity contribution is 0.639. The van der Waals surface area contributed by atoms with E-state index in [0.29, 0.717) is 10.0 Å². The van der Waals surface area contributed by atoms with Crippen LogP contribution in [0.2, 0.25) is 10.0 Å². The Morgan fingerprint density at radius 2 is 1.84 bits per heavy atom. The molecule has 0 radical (unpaired) electrons. The molecule has 0 amide bonds. The number of aryl methyl sites for hydroxylation is 1. The summed E-state index contributed by atoms with van der Waals surface area (Å²) in [4.78, 5) is 2.52. The van der Waals surface area contributed by atoms with Gasteiger partial charge in [-0.25, -0.2) is 0 Å². The van der Waals surface area contributed by atoms with Crippen LogP contribution in [0.25, 0.3) is 0 Å². The van der Waals surface area contributed by atoms with Gasteiger partial charge in [-0.2, -0.15) is 0 Å². The highest BCUT2D eigenvalue weighted by Crippen LogP contribution is 2.35. The Kier molecular flexibility index (Phi) is 5.32. The molecule has 0 fully saturated rings. The first kappa shape index (κ1) is 15.3. The predicted molar refractivity (Wildman–Crippen MR) is 88.7 cm³/mol. The minimum Gasteiger partial charge on any atom is -0.306 e. The lowest BCUT2D eigenvalue weighted by Gasteiger charge is -2.17. The van der Waals surface area contributed by atoms with Crippen LogP contribution in [0.1, 0.15) is 28.3 Å². The second-order valence-corrected chi connectivity index (χ2v) is 7.26. The Morgan fingerprint density at radius 3 is 2.32 bits per heavy atom. The zero-order valence-electron chi connectivity index (χ0n) is 10.6. The van der Waals surface area contributed by atoms with Crippen LogP contribution in [0.15, 0.2) is 28.7 Å². The maximum atomic E-state index is 6.10. The van der Waals surface area contributed by atoms with Gasteiger partial charge in [0.25, 0.3) is 0 Å². The van der Waals surface area contributed by atoms with Crippen molar-refractivity contribution >= 4 is 50.5 Å². The Hall–Kier alpha value is -0.0600. The summed E-state index contributed by atoms with van der Waals surface area (Å²) in [6.45, 7) is 5.07. The molecule has 2 rings (SSSR count). The fraction of sp³-hybridized carbons (Fsp3) is 0.286. The Labute approximate surface area is 136 Å². The van der Waals surface area contributed by atoms with Crippen LogP contribution in [-0.4, -0.2) is 6.54 Å². The average Bonchev–Trinajstić information content (AvgIpc) is 2.65. The molecule has 1 atom stereocenters. The van der Waals surface area contributed by atoms with Gasteiger partial charge in [0.2, 0.25) is 0 Å². The monoisotopic (exact) mass is 377 g/mol. The molecule has 1 aromatic heterocycles. The van der Waals surface area contributed by atoms with Crippen molar-refractivity contribution in [3.05, 3.63) is 54.1 Å². The van der Waals surface area contributed by atoms with Crippen molar-refractivity contribution in [3.8, 4) is 0 Å². The molecular weight excluding hydrogens is 365 g/mol. The summed E-state index contributed by atoms with van der Waals surface area (Å²) in [5.41, 5.74) is 1.09. The minimum absolute atomic E-state index is 0.121. The summed E-state index contributed by atoms with van der Waals surface area (Å²) >= 11 is 17.5. The van der Waals surface area contributed by atoms with Crippen molar-refractivity contribution in [2.24, 2.45) is 0 Å². The first-order chi connectivity index (χ1) is 9.01. The highest BCUT2D eigenvalue weighted by atomic mass is 79.9. The van der Waals surface area contributed by atoms with Crippen LogP contribution in [0.5, 0.6) is 0 Å². The standard InChI is InChI=1S/C14H14BrCl2NS/c1-3-18-14(13-7-12(15)8(2)19-13)9-4-10(16)6-11(17)5-9/h4-7,14,18H,3H2,1-2H3. The van der Waals surface area contributed by atoms with Crippen molar-refractivity contribution in [3.63, 3.8) is 0 Å². The number of thiophene rings is 1. The lowest BCUT2D eigenvalue weighted by Crippen LogP contribution is -2.21. The predicted octanol–water partition coefficient (Wildman–Crippen LogP) is 5.82. The fourth-order valence-electron chi connectivity index (χ4n) is 1.95. The quantitative estimate of drug-likeness (QED) is 0.706. The van der Waals surface area contributed by atoms with Gasteiger partial charge in [0.15, 0.2) is 0 Å². The third-order valence-corrected chi connectivity index (χ3v) is 5.43. The zero-order chi connectivity index (χ0) is 14.0. The molecule has 1 nitrogen and oxygen atoms in total. The van der Waals surface area contributed by atoms with Crippen molar-refractivity contribution in [1.29, 1.82) is 0 Å². The number of rotatable bonds is 4. The van der Waals surface area contributed by atoms with Gasteiger partial charge in [0.1, 0.15) is 0 Å². The van der Waals surface area contributed by atoms with Gasteiger partial charge < -0.3 is 5.32 Å². The number of hydrogen-bond acceptors (Lipinski definition) is 2. The number of hydrogen-bond donors (Lipinski definition) is 1. The average molecular weight is 379 g/mol. The Bertz CT molecular complexity index is 543. The van der Waals surface area contributed by atoms with E-state index in [1.54, 1.807) is 17.4 Å². The zero-order valence-corrected chi connectivity index (χ0v) is 14.6.